The summed E-state index contributed by atoms with van der Waals surface area (Å²) in [5, 5.41) is 3.08. The fourth-order valence-electron chi connectivity index (χ4n) is 0.969. The molecule has 1 aromatic rings. The van der Waals surface area contributed by atoms with Crippen molar-refractivity contribution in [3.05, 3.63) is 18.0 Å². The van der Waals surface area contributed by atoms with Crippen molar-refractivity contribution >= 4 is 11.9 Å². The molecule has 0 aliphatic heterocycles. The van der Waals surface area contributed by atoms with Gasteiger partial charge in [-0.15, -0.1) is 0 Å². The lowest BCUT2D eigenvalue weighted by Gasteiger charge is -2.10. The monoisotopic (exact) mass is 209 g/mol. The smallest absolute Gasteiger partial charge is 0.356 e. The molecule has 0 saturated carbocycles. The fraction of sp³-hybridized carbons (Fsp3) is 0.500. The summed E-state index contributed by atoms with van der Waals surface area (Å²) in [5.74, 6) is -0.00292. The highest BCUT2D eigenvalue weighted by molar-refractivity contribution is 5.87. The van der Waals surface area contributed by atoms with E-state index in [0.29, 0.717) is 5.95 Å². The molecule has 0 amide bonds. The maximum Gasteiger partial charge on any atom is 0.356 e. The number of nitrogens with zero attached hydrogens (tertiary/aromatic N) is 2. The molecule has 15 heavy (non-hydrogen) atoms. The topological polar surface area (TPSA) is 64.1 Å². The van der Waals surface area contributed by atoms with Crippen molar-refractivity contribution < 1.29 is 9.53 Å². The Hall–Kier alpha value is -1.65. The second-order valence-electron chi connectivity index (χ2n) is 3.21. The first kappa shape index (κ1) is 11.4. The molecule has 0 bridgehead atoms. The van der Waals surface area contributed by atoms with Crippen molar-refractivity contribution in [3.8, 4) is 0 Å². The van der Waals surface area contributed by atoms with Gasteiger partial charge in [0, 0.05) is 12.2 Å². The lowest BCUT2D eigenvalue weighted by Crippen LogP contribution is -2.17. The number of nitrogens with one attached hydrogen (secondary N) is 1. The molecule has 1 heterocycles. The molecule has 1 aromatic heterocycles. The first-order valence-electron chi connectivity index (χ1n) is 4.85. The summed E-state index contributed by atoms with van der Waals surface area (Å²) in [4.78, 5) is 19.2. The first-order valence-corrected chi connectivity index (χ1v) is 4.85. The van der Waals surface area contributed by atoms with Gasteiger partial charge < -0.3 is 10.1 Å². The number of hydrogen-bond acceptors (Lipinski definition) is 5. The van der Waals surface area contributed by atoms with Crippen LogP contribution >= 0.6 is 0 Å². The Morgan fingerprint density at radius 2 is 2.40 bits per heavy atom. The fourth-order valence-corrected chi connectivity index (χ4v) is 0.969. The number of rotatable bonds is 4. The van der Waals surface area contributed by atoms with Crippen LogP contribution in [0.2, 0.25) is 0 Å². The van der Waals surface area contributed by atoms with E-state index in [9.17, 15) is 4.79 Å². The zero-order chi connectivity index (χ0) is 11.3. The lowest BCUT2D eigenvalue weighted by atomic mass is 10.3. The molecule has 0 radical (unpaired) electrons. The Morgan fingerprint density at radius 3 is 3.00 bits per heavy atom. The second kappa shape index (κ2) is 5.29. The maximum atomic E-state index is 11.2. The minimum absolute atomic E-state index is 0.262. The number of methoxy groups -OCH3 is 1. The van der Waals surface area contributed by atoms with E-state index in [4.69, 9.17) is 0 Å². The number of hydrogen-bond donors (Lipinski definition) is 1. The Balaban J connectivity index is 2.78. The summed E-state index contributed by atoms with van der Waals surface area (Å²) in [7, 11) is 1.33. The SMILES string of the molecule is CCC(C)Nc1nccc(C(=O)OC)n1. The van der Waals surface area contributed by atoms with Crippen molar-refractivity contribution in [3.63, 3.8) is 0 Å². The molecule has 0 aliphatic rings. The Bertz CT molecular complexity index is 341. The van der Waals surface area contributed by atoms with Crippen molar-refractivity contribution in [2.45, 2.75) is 26.3 Å². The molecule has 1 unspecified atom stereocenters. The van der Waals surface area contributed by atoms with Gasteiger partial charge in [-0.3, -0.25) is 0 Å². The standard InChI is InChI=1S/C10H15N3O2/c1-4-7(2)12-10-11-6-5-8(13-10)9(14)15-3/h5-7H,4H2,1-3H3,(H,11,12,13). The molecule has 0 aliphatic carbocycles. The highest BCUT2D eigenvalue weighted by Crippen LogP contribution is 2.04. The van der Waals surface area contributed by atoms with Gasteiger partial charge in [0.2, 0.25) is 5.95 Å². The molecule has 1 atom stereocenters. The van der Waals surface area contributed by atoms with Gasteiger partial charge in [-0.2, -0.15) is 0 Å². The van der Waals surface area contributed by atoms with Crippen molar-refractivity contribution in [1.29, 1.82) is 0 Å². The van der Waals surface area contributed by atoms with Crippen LogP contribution < -0.4 is 5.32 Å². The molecule has 0 fully saturated rings. The maximum absolute atomic E-state index is 11.2. The van der Waals surface area contributed by atoms with Gasteiger partial charge in [-0.05, 0) is 19.4 Å². The Morgan fingerprint density at radius 1 is 1.67 bits per heavy atom. The van der Waals surface area contributed by atoms with Crippen LogP contribution in [0.25, 0.3) is 0 Å². The molecule has 82 valence electrons. The van der Waals surface area contributed by atoms with Crippen LogP contribution in [0.15, 0.2) is 12.3 Å². The van der Waals surface area contributed by atoms with E-state index in [1.807, 2.05) is 6.92 Å². The van der Waals surface area contributed by atoms with Crippen LogP contribution in [0.5, 0.6) is 0 Å². The third-order valence-electron chi connectivity index (χ3n) is 2.04. The van der Waals surface area contributed by atoms with Crippen LogP contribution in [0.3, 0.4) is 0 Å². The van der Waals surface area contributed by atoms with Crippen molar-refractivity contribution in [2.75, 3.05) is 12.4 Å². The van der Waals surface area contributed by atoms with E-state index in [-0.39, 0.29) is 11.7 Å². The summed E-state index contributed by atoms with van der Waals surface area (Å²) >= 11 is 0. The summed E-state index contributed by atoms with van der Waals surface area (Å²) in [5.41, 5.74) is 0.262. The highest BCUT2D eigenvalue weighted by atomic mass is 16.5. The van der Waals surface area contributed by atoms with E-state index in [2.05, 4.69) is 26.9 Å². The van der Waals surface area contributed by atoms with Gasteiger partial charge in [0.15, 0.2) is 5.69 Å². The summed E-state index contributed by atoms with van der Waals surface area (Å²) in [6.45, 7) is 4.08. The molecule has 5 nitrogen and oxygen atoms in total. The van der Waals surface area contributed by atoms with Gasteiger partial charge in [0.25, 0.3) is 0 Å². The summed E-state index contributed by atoms with van der Waals surface area (Å²) in [6, 6.07) is 1.80. The molecule has 1 N–H and O–H groups in total. The van der Waals surface area contributed by atoms with Crippen LogP contribution in [0.1, 0.15) is 30.8 Å². The summed E-state index contributed by atoms with van der Waals surface area (Å²) < 4.78 is 4.57. The van der Waals surface area contributed by atoms with Gasteiger partial charge in [0.05, 0.1) is 7.11 Å². The highest BCUT2D eigenvalue weighted by Gasteiger charge is 2.09. The second-order valence-corrected chi connectivity index (χ2v) is 3.21. The van der Waals surface area contributed by atoms with E-state index < -0.39 is 5.97 Å². The van der Waals surface area contributed by atoms with Crippen LogP contribution in [-0.4, -0.2) is 29.1 Å². The number of carbonyl (C=O) groups is 1. The first-order chi connectivity index (χ1) is 7.17. The number of aromatic nitrogens is 2. The predicted molar refractivity (Wildman–Crippen MR) is 56.7 cm³/mol. The summed E-state index contributed by atoms with van der Waals surface area (Å²) in [6.07, 6.45) is 2.50. The van der Waals surface area contributed by atoms with Crippen molar-refractivity contribution in [1.82, 2.24) is 9.97 Å². The van der Waals surface area contributed by atoms with E-state index in [1.165, 1.54) is 19.4 Å². The largest absolute Gasteiger partial charge is 0.464 e. The van der Waals surface area contributed by atoms with Gasteiger partial charge in [-0.1, -0.05) is 6.92 Å². The Labute approximate surface area is 88.9 Å². The number of anilines is 1. The van der Waals surface area contributed by atoms with Crippen LogP contribution in [0.4, 0.5) is 5.95 Å². The number of esters is 1. The minimum atomic E-state index is -0.454. The average Bonchev–Trinajstić information content (AvgIpc) is 2.28. The molecule has 1 rings (SSSR count). The third-order valence-corrected chi connectivity index (χ3v) is 2.04. The quantitative estimate of drug-likeness (QED) is 0.761. The van der Waals surface area contributed by atoms with Crippen LogP contribution in [0, 0.1) is 0 Å². The number of ether oxygens (including phenoxy) is 1. The molecule has 5 heteroatoms. The predicted octanol–water partition coefficient (Wildman–Crippen LogP) is 1.47. The van der Waals surface area contributed by atoms with E-state index in [0.717, 1.165) is 6.42 Å². The zero-order valence-corrected chi connectivity index (χ0v) is 9.15. The minimum Gasteiger partial charge on any atom is -0.464 e. The number of carbonyl (C=O) groups excluding carboxylic acids is 1. The van der Waals surface area contributed by atoms with E-state index >= 15 is 0 Å². The molecule has 0 saturated heterocycles. The van der Waals surface area contributed by atoms with Crippen molar-refractivity contribution in [2.24, 2.45) is 0 Å². The Kier molecular flexibility index (Phi) is 4.03. The van der Waals surface area contributed by atoms with E-state index in [1.54, 1.807) is 0 Å². The third kappa shape index (κ3) is 3.19. The van der Waals surface area contributed by atoms with Crippen LogP contribution in [-0.2, 0) is 4.74 Å². The van der Waals surface area contributed by atoms with Gasteiger partial charge in [0.1, 0.15) is 0 Å². The zero-order valence-electron chi connectivity index (χ0n) is 9.15. The van der Waals surface area contributed by atoms with Gasteiger partial charge in [-0.25, -0.2) is 14.8 Å². The van der Waals surface area contributed by atoms with Gasteiger partial charge >= 0.3 is 5.97 Å². The lowest BCUT2D eigenvalue weighted by molar-refractivity contribution is 0.0594. The molecule has 0 spiro atoms. The average molecular weight is 209 g/mol. The molecular formula is C10H15N3O2. The molecular weight excluding hydrogens is 194 g/mol. The normalized spacial score (nSPS) is 11.9. The molecule has 0 aromatic carbocycles.